The van der Waals surface area contributed by atoms with Gasteiger partial charge in [0.2, 0.25) is 5.13 Å². The van der Waals surface area contributed by atoms with Crippen LogP contribution in [0.25, 0.3) is 0 Å². The van der Waals surface area contributed by atoms with E-state index in [1.165, 1.54) is 35.6 Å². The van der Waals surface area contributed by atoms with Crippen molar-refractivity contribution in [2.24, 2.45) is 0 Å². The first kappa shape index (κ1) is 20.3. The monoisotopic (exact) mass is 414 g/mol. The largest absolute Gasteiger partial charge is 0.355 e. The molecule has 0 spiro atoms. The van der Waals surface area contributed by atoms with E-state index in [-0.39, 0.29) is 17.3 Å². The van der Waals surface area contributed by atoms with Crippen LogP contribution in [0.1, 0.15) is 51.5 Å². The van der Waals surface area contributed by atoms with Crippen LogP contribution < -0.4 is 5.32 Å². The molecule has 0 saturated heterocycles. The number of H-pyrrole nitrogens is 1. The zero-order valence-electron chi connectivity index (χ0n) is 16.3. The molecule has 0 unspecified atom stereocenters. The number of nitrogens with one attached hydrogen (secondary N) is 2. The van der Waals surface area contributed by atoms with Crippen LogP contribution in [0.3, 0.4) is 0 Å². The highest BCUT2D eigenvalue weighted by Gasteiger charge is 2.20. The first-order valence-electron chi connectivity index (χ1n) is 8.94. The molecule has 28 heavy (non-hydrogen) atoms. The van der Waals surface area contributed by atoms with Crippen molar-refractivity contribution in [3.05, 3.63) is 52.3 Å². The van der Waals surface area contributed by atoms with Crippen LogP contribution in [0, 0.1) is 13.8 Å². The Morgan fingerprint density at radius 1 is 1.18 bits per heavy atom. The average Bonchev–Trinajstić information content (AvgIpc) is 3.24. The van der Waals surface area contributed by atoms with Gasteiger partial charge in [-0.05, 0) is 50.5 Å². The Balaban J connectivity index is 1.62. The number of rotatable bonds is 8. The smallest absolute Gasteiger partial charge is 0.210 e. The average molecular weight is 415 g/mol. The van der Waals surface area contributed by atoms with Crippen LogP contribution >= 0.6 is 23.1 Å². The molecule has 3 rings (SSSR count). The molecule has 146 valence electrons. The molecule has 3 aromatic rings. The summed E-state index contributed by atoms with van der Waals surface area (Å²) in [7, 11) is 0. The van der Waals surface area contributed by atoms with Gasteiger partial charge in [0, 0.05) is 16.9 Å². The van der Waals surface area contributed by atoms with E-state index in [0.717, 1.165) is 17.8 Å². The Labute approximate surface area is 172 Å². The summed E-state index contributed by atoms with van der Waals surface area (Å²) in [5.41, 5.74) is 4.77. The molecule has 1 aromatic carbocycles. The number of nitrogens with zero attached hydrogens (tertiary/aromatic N) is 2. The highest BCUT2D eigenvalue weighted by Crippen LogP contribution is 2.29. The van der Waals surface area contributed by atoms with E-state index in [4.69, 9.17) is 0 Å². The third-order valence-electron chi connectivity index (χ3n) is 4.42. The van der Waals surface area contributed by atoms with Crippen molar-refractivity contribution in [2.75, 3.05) is 11.1 Å². The molecule has 0 amide bonds. The van der Waals surface area contributed by atoms with Gasteiger partial charge in [-0.2, -0.15) is 0 Å². The second kappa shape index (κ2) is 8.70. The quantitative estimate of drug-likeness (QED) is 0.400. The molecule has 0 saturated carbocycles. The number of carbonyl (C=O) groups excluding carboxylic acids is 2. The SMILES string of the molecule is CCc1ccc(Nc2nnc(SCC(=O)c3[nH]c(C)c(C(C)=O)c3C)s2)cc1. The Bertz CT molecular complexity index is 1010. The number of ketones is 2. The number of carbonyl (C=O) groups is 2. The van der Waals surface area contributed by atoms with Crippen LogP contribution in [-0.2, 0) is 6.42 Å². The number of hydrogen-bond acceptors (Lipinski definition) is 7. The van der Waals surface area contributed by atoms with E-state index in [1.54, 1.807) is 6.92 Å². The van der Waals surface area contributed by atoms with Crippen LogP contribution in [0.4, 0.5) is 10.8 Å². The molecule has 8 heteroatoms. The number of benzene rings is 1. The van der Waals surface area contributed by atoms with Crippen LogP contribution in [0.15, 0.2) is 28.6 Å². The maximum Gasteiger partial charge on any atom is 0.210 e. The van der Waals surface area contributed by atoms with Gasteiger partial charge in [0.15, 0.2) is 15.9 Å². The van der Waals surface area contributed by atoms with Crippen molar-refractivity contribution >= 4 is 45.5 Å². The van der Waals surface area contributed by atoms with E-state index in [1.807, 2.05) is 19.1 Å². The number of aryl methyl sites for hydroxylation is 2. The minimum atomic E-state index is -0.0574. The van der Waals surface area contributed by atoms with Gasteiger partial charge in [0.05, 0.1) is 11.4 Å². The summed E-state index contributed by atoms with van der Waals surface area (Å²) in [6.07, 6.45) is 1.00. The predicted molar refractivity (Wildman–Crippen MR) is 114 cm³/mol. The fraction of sp³-hybridized carbons (Fsp3) is 0.300. The third-order valence-corrected chi connectivity index (χ3v) is 6.39. The highest BCUT2D eigenvalue weighted by atomic mass is 32.2. The molecule has 2 N–H and O–H groups in total. The molecule has 6 nitrogen and oxygen atoms in total. The number of aromatic nitrogens is 3. The van der Waals surface area contributed by atoms with Crippen LogP contribution in [0.5, 0.6) is 0 Å². The lowest BCUT2D eigenvalue weighted by molar-refractivity contribution is 0.101. The number of aromatic amines is 1. The van der Waals surface area contributed by atoms with Crippen molar-refractivity contribution in [3.8, 4) is 0 Å². The van der Waals surface area contributed by atoms with E-state index in [2.05, 4.69) is 39.6 Å². The summed E-state index contributed by atoms with van der Waals surface area (Å²) in [6.45, 7) is 7.24. The lowest BCUT2D eigenvalue weighted by Crippen LogP contribution is -2.05. The van der Waals surface area contributed by atoms with Gasteiger partial charge < -0.3 is 10.3 Å². The number of thioether (sulfide) groups is 1. The second-order valence-corrected chi connectivity index (χ2v) is 8.64. The Morgan fingerprint density at radius 2 is 1.89 bits per heavy atom. The Hall–Kier alpha value is -2.45. The Kier molecular flexibility index (Phi) is 6.31. The van der Waals surface area contributed by atoms with Crippen molar-refractivity contribution in [1.29, 1.82) is 0 Å². The van der Waals surface area contributed by atoms with Gasteiger partial charge in [-0.15, -0.1) is 10.2 Å². The topological polar surface area (TPSA) is 87.7 Å². The summed E-state index contributed by atoms with van der Waals surface area (Å²) < 4.78 is 0.716. The van der Waals surface area contributed by atoms with Gasteiger partial charge in [-0.1, -0.05) is 42.2 Å². The van der Waals surface area contributed by atoms with E-state index in [0.29, 0.717) is 26.3 Å². The van der Waals surface area contributed by atoms with Crippen LogP contribution in [-0.4, -0.2) is 32.5 Å². The summed E-state index contributed by atoms with van der Waals surface area (Å²) in [5.74, 6) is 0.139. The first-order chi connectivity index (χ1) is 13.4. The molecule has 2 aromatic heterocycles. The maximum atomic E-state index is 12.6. The van der Waals surface area contributed by atoms with Gasteiger partial charge in [0.1, 0.15) is 0 Å². The maximum absolute atomic E-state index is 12.6. The Morgan fingerprint density at radius 3 is 2.50 bits per heavy atom. The number of Topliss-reactive ketones (excluding diaryl/α,β-unsaturated/α-hetero) is 2. The minimum Gasteiger partial charge on any atom is -0.355 e. The standard InChI is InChI=1S/C20H22N4O2S2/c1-5-14-6-8-15(9-7-14)22-19-23-24-20(28-19)27-10-16(26)18-11(2)17(13(4)25)12(3)21-18/h6-9,21H,5,10H2,1-4H3,(H,22,23). The predicted octanol–water partition coefficient (Wildman–Crippen LogP) is 4.97. The van der Waals surface area contributed by atoms with Crippen LogP contribution in [0.2, 0.25) is 0 Å². The molecule has 0 aliphatic rings. The molecule has 0 aliphatic heterocycles. The molecule has 0 radical (unpaired) electrons. The molecule has 0 fully saturated rings. The fourth-order valence-electron chi connectivity index (χ4n) is 3.02. The highest BCUT2D eigenvalue weighted by molar-refractivity contribution is 8.01. The van der Waals surface area contributed by atoms with Gasteiger partial charge >= 0.3 is 0 Å². The van der Waals surface area contributed by atoms with E-state index in [9.17, 15) is 9.59 Å². The second-order valence-electron chi connectivity index (χ2n) is 6.44. The van der Waals surface area contributed by atoms with Crippen molar-refractivity contribution in [2.45, 2.75) is 38.5 Å². The van der Waals surface area contributed by atoms with Crippen molar-refractivity contribution < 1.29 is 9.59 Å². The molecule has 0 aliphatic carbocycles. The van der Waals surface area contributed by atoms with E-state index < -0.39 is 0 Å². The molecular formula is C20H22N4O2S2. The van der Waals surface area contributed by atoms with Crippen molar-refractivity contribution in [1.82, 2.24) is 15.2 Å². The zero-order chi connectivity index (χ0) is 20.3. The number of anilines is 2. The van der Waals surface area contributed by atoms with E-state index >= 15 is 0 Å². The minimum absolute atomic E-state index is 0.0373. The summed E-state index contributed by atoms with van der Waals surface area (Å²) in [6, 6.07) is 8.18. The normalized spacial score (nSPS) is 10.9. The zero-order valence-corrected chi connectivity index (χ0v) is 17.9. The van der Waals surface area contributed by atoms with Crippen molar-refractivity contribution in [3.63, 3.8) is 0 Å². The molecule has 2 heterocycles. The van der Waals surface area contributed by atoms with Gasteiger partial charge in [-0.3, -0.25) is 9.59 Å². The lowest BCUT2D eigenvalue weighted by Gasteiger charge is -2.02. The molecule has 0 atom stereocenters. The summed E-state index contributed by atoms with van der Waals surface area (Å²) in [5, 5.41) is 12.2. The lowest BCUT2D eigenvalue weighted by atomic mass is 10.1. The third kappa shape index (κ3) is 4.51. The molecular weight excluding hydrogens is 392 g/mol. The first-order valence-corrected chi connectivity index (χ1v) is 10.7. The number of hydrogen-bond donors (Lipinski definition) is 2. The molecule has 0 bridgehead atoms. The van der Waals surface area contributed by atoms with Gasteiger partial charge in [0.25, 0.3) is 0 Å². The fourth-order valence-corrected chi connectivity index (χ4v) is 4.67. The summed E-state index contributed by atoms with van der Waals surface area (Å²) in [4.78, 5) is 27.3. The van der Waals surface area contributed by atoms with Gasteiger partial charge in [-0.25, -0.2) is 0 Å². The summed E-state index contributed by atoms with van der Waals surface area (Å²) >= 11 is 2.75.